The second kappa shape index (κ2) is 4.64. The van der Waals surface area contributed by atoms with Crippen LogP contribution in [0, 0.1) is 29.6 Å². The van der Waals surface area contributed by atoms with Crippen LogP contribution in [0.2, 0.25) is 0 Å². The largest absolute Gasteiger partial charge is 0.481 e. The number of nitrogens with one attached hydrogen (secondary N) is 1. The lowest BCUT2D eigenvalue weighted by molar-refractivity contribution is -0.139. The zero-order chi connectivity index (χ0) is 13.7. The van der Waals surface area contributed by atoms with Crippen molar-refractivity contribution in [3.63, 3.8) is 0 Å². The number of hydrogen-bond acceptors (Lipinski definition) is 1. The molecule has 1 atom stereocenters. The monoisotopic (exact) mass is 273 g/mol. The van der Waals surface area contributed by atoms with Crippen LogP contribution >= 0.6 is 0 Å². The summed E-state index contributed by atoms with van der Waals surface area (Å²) in [5.41, 5.74) is 1.21. The van der Waals surface area contributed by atoms with Crippen molar-refractivity contribution in [1.82, 2.24) is 4.98 Å². The molecule has 5 rings (SSSR count). The van der Waals surface area contributed by atoms with Crippen molar-refractivity contribution in [2.24, 2.45) is 29.6 Å². The number of rotatable bonds is 4. The van der Waals surface area contributed by atoms with Crippen molar-refractivity contribution >= 4 is 5.97 Å². The molecule has 0 radical (unpaired) electrons. The smallest absolute Gasteiger partial charge is 0.303 e. The Morgan fingerprint density at radius 3 is 2.35 bits per heavy atom. The molecule has 3 heteroatoms. The van der Waals surface area contributed by atoms with E-state index >= 15 is 0 Å². The van der Waals surface area contributed by atoms with Gasteiger partial charge in [-0.1, -0.05) is 0 Å². The first-order valence-electron chi connectivity index (χ1n) is 8.05. The number of aromatic nitrogens is 1. The highest BCUT2D eigenvalue weighted by atomic mass is 16.4. The molecule has 4 saturated carbocycles. The standard InChI is InChI=1S/C17H23NO2/c19-16(20)8-15(12-1-2-18-9-12)17-13-4-10-3-11(6-13)7-14(17)5-10/h1-2,9-11,13-15,17-18H,3-8H2,(H,19,20). The van der Waals surface area contributed by atoms with E-state index in [1.54, 1.807) is 0 Å². The number of aliphatic carboxylic acids is 1. The van der Waals surface area contributed by atoms with Crippen LogP contribution in [-0.4, -0.2) is 16.1 Å². The summed E-state index contributed by atoms with van der Waals surface area (Å²) in [7, 11) is 0. The van der Waals surface area contributed by atoms with Crippen LogP contribution in [-0.2, 0) is 4.79 Å². The average molecular weight is 273 g/mol. The summed E-state index contributed by atoms with van der Waals surface area (Å²) in [4.78, 5) is 14.4. The third-order valence-electron chi connectivity index (χ3n) is 6.21. The van der Waals surface area contributed by atoms with Gasteiger partial charge in [0.1, 0.15) is 0 Å². The molecule has 0 saturated heterocycles. The minimum Gasteiger partial charge on any atom is -0.481 e. The highest BCUT2D eigenvalue weighted by molar-refractivity contribution is 5.68. The van der Waals surface area contributed by atoms with E-state index in [0.717, 1.165) is 23.7 Å². The van der Waals surface area contributed by atoms with Crippen molar-refractivity contribution in [2.75, 3.05) is 0 Å². The van der Waals surface area contributed by atoms with Gasteiger partial charge in [-0.05, 0) is 79.2 Å². The Bertz CT molecular complexity index is 465. The molecule has 4 aliphatic carbocycles. The highest BCUT2D eigenvalue weighted by Gasteiger charge is 2.50. The van der Waals surface area contributed by atoms with Crippen molar-refractivity contribution in [1.29, 1.82) is 0 Å². The average Bonchev–Trinajstić information content (AvgIpc) is 2.89. The molecule has 4 aliphatic rings. The molecule has 1 heterocycles. The maximum Gasteiger partial charge on any atom is 0.303 e. The Kier molecular flexibility index (Phi) is 2.90. The maximum absolute atomic E-state index is 11.3. The van der Waals surface area contributed by atoms with Gasteiger partial charge in [0.25, 0.3) is 0 Å². The molecular formula is C17H23NO2. The Balaban J connectivity index is 1.64. The molecule has 0 amide bonds. The third kappa shape index (κ3) is 1.99. The quantitative estimate of drug-likeness (QED) is 0.880. The molecule has 4 fully saturated rings. The van der Waals surface area contributed by atoms with Crippen molar-refractivity contribution in [3.8, 4) is 0 Å². The SMILES string of the molecule is O=C(O)CC(c1cc[nH]c1)C1C2CC3CC(C2)CC1C3. The zero-order valence-corrected chi connectivity index (χ0v) is 11.8. The van der Waals surface area contributed by atoms with Gasteiger partial charge in [0.15, 0.2) is 0 Å². The molecule has 0 aliphatic heterocycles. The summed E-state index contributed by atoms with van der Waals surface area (Å²) in [6.07, 6.45) is 11.1. The Hall–Kier alpha value is -1.25. The van der Waals surface area contributed by atoms with Gasteiger partial charge in [0.2, 0.25) is 0 Å². The summed E-state index contributed by atoms with van der Waals surface area (Å²) in [6.45, 7) is 0. The topological polar surface area (TPSA) is 53.1 Å². The van der Waals surface area contributed by atoms with E-state index in [-0.39, 0.29) is 5.92 Å². The molecule has 1 aromatic rings. The van der Waals surface area contributed by atoms with E-state index in [4.69, 9.17) is 0 Å². The van der Waals surface area contributed by atoms with Gasteiger partial charge in [0, 0.05) is 12.4 Å². The lowest BCUT2D eigenvalue weighted by Crippen LogP contribution is -2.47. The van der Waals surface area contributed by atoms with Gasteiger partial charge in [-0.3, -0.25) is 4.79 Å². The molecule has 20 heavy (non-hydrogen) atoms. The van der Waals surface area contributed by atoms with Gasteiger partial charge >= 0.3 is 5.97 Å². The fraction of sp³-hybridized carbons (Fsp3) is 0.706. The second-order valence-electron chi connectivity index (χ2n) is 7.36. The van der Waals surface area contributed by atoms with Gasteiger partial charge < -0.3 is 10.1 Å². The lowest BCUT2D eigenvalue weighted by atomic mass is 9.49. The second-order valence-corrected chi connectivity index (χ2v) is 7.36. The van der Waals surface area contributed by atoms with Crippen LogP contribution in [0.25, 0.3) is 0 Å². The summed E-state index contributed by atoms with van der Waals surface area (Å²) < 4.78 is 0. The summed E-state index contributed by atoms with van der Waals surface area (Å²) in [6, 6.07) is 2.08. The molecule has 2 N–H and O–H groups in total. The molecule has 4 bridgehead atoms. The molecule has 1 unspecified atom stereocenters. The number of carboxylic acid groups (broad SMARTS) is 1. The minimum atomic E-state index is -0.648. The minimum absolute atomic E-state index is 0.216. The van der Waals surface area contributed by atoms with Crippen molar-refractivity contribution in [3.05, 3.63) is 24.0 Å². The first kappa shape index (κ1) is 12.5. The van der Waals surface area contributed by atoms with Crippen molar-refractivity contribution in [2.45, 2.75) is 44.4 Å². The molecular weight excluding hydrogens is 250 g/mol. The predicted molar refractivity (Wildman–Crippen MR) is 76.3 cm³/mol. The fourth-order valence-electron chi connectivity index (χ4n) is 5.86. The number of carbonyl (C=O) groups is 1. The summed E-state index contributed by atoms with van der Waals surface area (Å²) in [5.74, 6) is 3.64. The van der Waals surface area contributed by atoms with Gasteiger partial charge in [0.05, 0.1) is 6.42 Å². The third-order valence-corrected chi connectivity index (χ3v) is 6.21. The molecule has 0 spiro atoms. The predicted octanol–water partition coefficient (Wildman–Crippen LogP) is 3.65. The highest BCUT2D eigenvalue weighted by Crippen LogP contribution is 2.60. The number of aromatic amines is 1. The molecule has 108 valence electrons. The van der Waals surface area contributed by atoms with E-state index in [1.165, 1.54) is 37.7 Å². The van der Waals surface area contributed by atoms with Gasteiger partial charge in [-0.25, -0.2) is 0 Å². The van der Waals surface area contributed by atoms with E-state index in [1.807, 2.05) is 12.4 Å². The Morgan fingerprint density at radius 2 is 1.85 bits per heavy atom. The van der Waals surface area contributed by atoms with E-state index in [2.05, 4.69) is 11.1 Å². The number of hydrogen-bond donors (Lipinski definition) is 2. The molecule has 1 aromatic heterocycles. The lowest BCUT2D eigenvalue weighted by Gasteiger charge is -2.56. The van der Waals surface area contributed by atoms with E-state index in [9.17, 15) is 9.90 Å². The van der Waals surface area contributed by atoms with Crippen LogP contribution in [0.5, 0.6) is 0 Å². The Labute approximate surface area is 119 Å². The fourth-order valence-corrected chi connectivity index (χ4v) is 5.86. The van der Waals surface area contributed by atoms with Crippen LogP contribution in [0.1, 0.15) is 50.0 Å². The van der Waals surface area contributed by atoms with Crippen LogP contribution in [0.4, 0.5) is 0 Å². The van der Waals surface area contributed by atoms with Crippen LogP contribution < -0.4 is 0 Å². The van der Waals surface area contributed by atoms with Crippen LogP contribution in [0.3, 0.4) is 0 Å². The maximum atomic E-state index is 11.3. The normalized spacial score (nSPS) is 39.9. The Morgan fingerprint density at radius 1 is 1.20 bits per heavy atom. The first-order chi connectivity index (χ1) is 9.70. The molecule has 0 aromatic carbocycles. The van der Waals surface area contributed by atoms with E-state index in [0.29, 0.717) is 12.3 Å². The summed E-state index contributed by atoms with van der Waals surface area (Å²) >= 11 is 0. The van der Waals surface area contributed by atoms with Gasteiger partial charge in [-0.2, -0.15) is 0 Å². The number of H-pyrrole nitrogens is 1. The van der Waals surface area contributed by atoms with Crippen LogP contribution in [0.15, 0.2) is 18.5 Å². The molecule has 3 nitrogen and oxygen atoms in total. The zero-order valence-electron chi connectivity index (χ0n) is 11.8. The summed E-state index contributed by atoms with van der Waals surface area (Å²) in [5, 5.41) is 9.33. The number of carboxylic acids is 1. The van der Waals surface area contributed by atoms with E-state index < -0.39 is 5.97 Å². The van der Waals surface area contributed by atoms with Gasteiger partial charge in [-0.15, -0.1) is 0 Å². The van der Waals surface area contributed by atoms with Crippen molar-refractivity contribution < 1.29 is 9.90 Å². The first-order valence-corrected chi connectivity index (χ1v) is 8.05.